The van der Waals surface area contributed by atoms with Gasteiger partial charge < -0.3 is 4.74 Å². The molecule has 0 amide bonds. The van der Waals surface area contributed by atoms with E-state index >= 15 is 0 Å². The van der Waals surface area contributed by atoms with Crippen LogP contribution in [0.1, 0.15) is 40.2 Å². The van der Waals surface area contributed by atoms with Crippen molar-refractivity contribution in [2.24, 2.45) is 0 Å². The number of rotatable bonds is 2. The van der Waals surface area contributed by atoms with E-state index in [9.17, 15) is 0 Å². The third kappa shape index (κ3) is 2.91. The highest BCUT2D eigenvalue weighted by atomic mass is 16.5. The molecule has 96 valence electrons. The molecule has 0 bridgehead atoms. The molecule has 0 atom stereocenters. The van der Waals surface area contributed by atoms with Gasteiger partial charge in [0.05, 0.1) is 11.2 Å². The van der Waals surface area contributed by atoms with E-state index in [0.29, 0.717) is 0 Å². The average molecular weight is 242 g/mol. The summed E-state index contributed by atoms with van der Waals surface area (Å²) in [4.78, 5) is 0. The maximum atomic E-state index is 6.16. The van der Waals surface area contributed by atoms with E-state index in [1.165, 1.54) is 16.3 Å². The molecule has 0 saturated carbocycles. The molecular formula is C17H22O. The summed E-state index contributed by atoms with van der Waals surface area (Å²) in [6.45, 7) is 10.5. The van der Waals surface area contributed by atoms with Crippen LogP contribution in [0.3, 0.4) is 0 Å². The monoisotopic (exact) mass is 242 g/mol. The standard InChI is InChI=1S/C17H22O/c1-16(2,3)18-17(4,5)15-11-10-13-8-6-7-9-14(13)12-15/h6-12H,1-5H3. The zero-order chi connectivity index (χ0) is 13.4. The molecule has 2 rings (SSSR count). The molecule has 0 saturated heterocycles. The molecule has 0 aliphatic heterocycles. The first-order valence-corrected chi connectivity index (χ1v) is 6.47. The molecule has 0 heterocycles. The number of hydrogen-bond donors (Lipinski definition) is 0. The lowest BCUT2D eigenvalue weighted by Crippen LogP contribution is -2.32. The Morgan fingerprint density at radius 1 is 0.778 bits per heavy atom. The van der Waals surface area contributed by atoms with Crippen LogP contribution in [0.15, 0.2) is 42.5 Å². The van der Waals surface area contributed by atoms with Gasteiger partial charge >= 0.3 is 0 Å². The molecule has 0 aliphatic rings. The first-order chi connectivity index (χ1) is 8.28. The number of hydrogen-bond acceptors (Lipinski definition) is 1. The average Bonchev–Trinajstić information content (AvgIpc) is 2.25. The van der Waals surface area contributed by atoms with Gasteiger partial charge in [0, 0.05) is 0 Å². The second-order valence-corrected chi connectivity index (χ2v) is 6.29. The first-order valence-electron chi connectivity index (χ1n) is 6.47. The zero-order valence-corrected chi connectivity index (χ0v) is 11.9. The van der Waals surface area contributed by atoms with Crippen LogP contribution in [0.2, 0.25) is 0 Å². The van der Waals surface area contributed by atoms with Crippen molar-refractivity contribution in [2.75, 3.05) is 0 Å². The molecule has 2 aromatic carbocycles. The Labute approximate surface area is 110 Å². The van der Waals surface area contributed by atoms with Crippen LogP contribution in [-0.2, 0) is 10.3 Å². The van der Waals surface area contributed by atoms with E-state index in [2.05, 4.69) is 77.1 Å². The highest BCUT2D eigenvalue weighted by Gasteiger charge is 2.27. The third-order valence-corrected chi connectivity index (χ3v) is 3.01. The first kappa shape index (κ1) is 13.1. The predicted octanol–water partition coefficient (Wildman–Crippen LogP) is 4.89. The summed E-state index contributed by atoms with van der Waals surface area (Å²) < 4.78 is 6.16. The molecule has 0 aromatic heterocycles. The van der Waals surface area contributed by atoms with E-state index < -0.39 is 0 Å². The fourth-order valence-electron chi connectivity index (χ4n) is 2.39. The van der Waals surface area contributed by atoms with Crippen molar-refractivity contribution >= 4 is 10.8 Å². The van der Waals surface area contributed by atoms with Crippen molar-refractivity contribution in [3.8, 4) is 0 Å². The molecular weight excluding hydrogens is 220 g/mol. The predicted molar refractivity (Wildman–Crippen MR) is 77.8 cm³/mol. The van der Waals surface area contributed by atoms with Crippen LogP contribution in [-0.4, -0.2) is 5.60 Å². The van der Waals surface area contributed by atoms with Gasteiger partial charge in [0.25, 0.3) is 0 Å². The van der Waals surface area contributed by atoms with Gasteiger partial charge in [0.15, 0.2) is 0 Å². The zero-order valence-electron chi connectivity index (χ0n) is 11.9. The summed E-state index contributed by atoms with van der Waals surface area (Å²) in [5.41, 5.74) is 0.799. The SMILES string of the molecule is CC(C)(C)OC(C)(C)c1ccc2ccccc2c1. The second-order valence-electron chi connectivity index (χ2n) is 6.29. The van der Waals surface area contributed by atoms with Crippen LogP contribution in [0, 0.1) is 0 Å². The van der Waals surface area contributed by atoms with E-state index in [4.69, 9.17) is 4.74 Å². The minimum Gasteiger partial charge on any atom is -0.365 e. The Morgan fingerprint density at radius 3 is 2.00 bits per heavy atom. The van der Waals surface area contributed by atoms with Gasteiger partial charge in [-0.3, -0.25) is 0 Å². The van der Waals surface area contributed by atoms with Crippen LogP contribution in [0.4, 0.5) is 0 Å². The van der Waals surface area contributed by atoms with Crippen molar-refractivity contribution in [1.82, 2.24) is 0 Å². The van der Waals surface area contributed by atoms with Crippen LogP contribution in [0.25, 0.3) is 10.8 Å². The topological polar surface area (TPSA) is 9.23 Å². The van der Waals surface area contributed by atoms with Gasteiger partial charge in [-0.2, -0.15) is 0 Å². The maximum absolute atomic E-state index is 6.16. The van der Waals surface area contributed by atoms with Crippen molar-refractivity contribution in [3.63, 3.8) is 0 Å². The van der Waals surface area contributed by atoms with Gasteiger partial charge in [0.1, 0.15) is 0 Å². The lowest BCUT2D eigenvalue weighted by molar-refractivity contribution is -0.117. The van der Waals surface area contributed by atoms with Crippen LogP contribution in [0.5, 0.6) is 0 Å². The van der Waals surface area contributed by atoms with Gasteiger partial charge in [-0.1, -0.05) is 36.4 Å². The van der Waals surface area contributed by atoms with Crippen molar-refractivity contribution < 1.29 is 4.74 Å². The smallest absolute Gasteiger partial charge is 0.0882 e. The molecule has 1 heteroatoms. The Balaban J connectivity index is 2.41. The van der Waals surface area contributed by atoms with Gasteiger partial charge in [-0.15, -0.1) is 0 Å². The Morgan fingerprint density at radius 2 is 1.39 bits per heavy atom. The molecule has 1 nitrogen and oxygen atoms in total. The van der Waals surface area contributed by atoms with Crippen molar-refractivity contribution in [1.29, 1.82) is 0 Å². The van der Waals surface area contributed by atoms with Gasteiger partial charge in [0.2, 0.25) is 0 Å². The summed E-state index contributed by atoms with van der Waals surface area (Å²) >= 11 is 0. The lowest BCUT2D eigenvalue weighted by atomic mass is 9.94. The van der Waals surface area contributed by atoms with E-state index in [-0.39, 0.29) is 11.2 Å². The minimum absolute atomic E-state index is 0.144. The minimum atomic E-state index is -0.276. The summed E-state index contributed by atoms with van der Waals surface area (Å²) in [6, 6.07) is 15.0. The molecule has 0 fully saturated rings. The summed E-state index contributed by atoms with van der Waals surface area (Å²) in [6.07, 6.45) is 0. The van der Waals surface area contributed by atoms with E-state index in [1.54, 1.807) is 0 Å². The molecule has 2 aromatic rings. The molecule has 0 spiro atoms. The normalized spacial score (nSPS) is 12.9. The fraction of sp³-hybridized carbons (Fsp3) is 0.412. The largest absolute Gasteiger partial charge is 0.365 e. The van der Waals surface area contributed by atoms with Crippen molar-refractivity contribution in [2.45, 2.75) is 45.8 Å². The molecule has 0 N–H and O–H groups in total. The Kier molecular flexibility index (Phi) is 3.20. The number of fused-ring (bicyclic) bond motifs is 1. The number of benzene rings is 2. The van der Waals surface area contributed by atoms with Gasteiger partial charge in [-0.25, -0.2) is 0 Å². The molecule has 18 heavy (non-hydrogen) atoms. The van der Waals surface area contributed by atoms with Crippen molar-refractivity contribution in [3.05, 3.63) is 48.0 Å². The third-order valence-electron chi connectivity index (χ3n) is 3.01. The molecule has 0 aliphatic carbocycles. The Hall–Kier alpha value is -1.34. The maximum Gasteiger partial charge on any atom is 0.0882 e. The quantitative estimate of drug-likeness (QED) is 0.728. The van der Waals surface area contributed by atoms with E-state index in [0.717, 1.165) is 0 Å². The molecule has 0 radical (unpaired) electrons. The Bertz CT molecular complexity index is 547. The highest BCUT2D eigenvalue weighted by molar-refractivity contribution is 5.83. The summed E-state index contributed by atoms with van der Waals surface area (Å²) in [7, 11) is 0. The second kappa shape index (κ2) is 4.40. The fourth-order valence-corrected chi connectivity index (χ4v) is 2.39. The van der Waals surface area contributed by atoms with E-state index in [1.807, 2.05) is 0 Å². The highest BCUT2D eigenvalue weighted by Crippen LogP contribution is 2.31. The number of ether oxygens (including phenoxy) is 1. The summed E-state index contributed by atoms with van der Waals surface area (Å²) in [5.74, 6) is 0. The lowest BCUT2D eigenvalue weighted by Gasteiger charge is -2.34. The summed E-state index contributed by atoms with van der Waals surface area (Å²) in [5, 5.41) is 2.54. The van der Waals surface area contributed by atoms with Crippen LogP contribution >= 0.6 is 0 Å². The van der Waals surface area contributed by atoms with Gasteiger partial charge in [-0.05, 0) is 57.0 Å². The van der Waals surface area contributed by atoms with Crippen LogP contribution < -0.4 is 0 Å². The molecule has 0 unspecified atom stereocenters.